The van der Waals surface area contributed by atoms with Gasteiger partial charge in [-0.2, -0.15) is 0 Å². The maximum absolute atomic E-state index is 13.3. The van der Waals surface area contributed by atoms with Crippen molar-refractivity contribution in [3.63, 3.8) is 0 Å². The molecule has 8 heteroatoms. The molecular formula is C25H31N5O2S. The molecule has 1 amide bonds. The van der Waals surface area contributed by atoms with E-state index in [4.69, 9.17) is 4.74 Å². The van der Waals surface area contributed by atoms with Crippen LogP contribution in [0.5, 0.6) is 5.75 Å². The molecule has 33 heavy (non-hydrogen) atoms. The van der Waals surface area contributed by atoms with Crippen LogP contribution in [0.4, 0.5) is 0 Å². The lowest BCUT2D eigenvalue weighted by molar-refractivity contribution is -0.132. The zero-order valence-electron chi connectivity index (χ0n) is 19.6. The molecule has 2 aromatic heterocycles. The van der Waals surface area contributed by atoms with Crippen molar-refractivity contribution in [3.8, 4) is 22.8 Å². The van der Waals surface area contributed by atoms with Crippen LogP contribution in [0, 0.1) is 11.8 Å². The van der Waals surface area contributed by atoms with Crippen LogP contribution < -0.4 is 4.74 Å². The van der Waals surface area contributed by atoms with Crippen LogP contribution in [-0.4, -0.2) is 55.5 Å². The average Bonchev–Trinajstić information content (AvgIpc) is 3.22. The largest absolute Gasteiger partial charge is 0.494 e. The first-order valence-corrected chi connectivity index (χ1v) is 12.4. The van der Waals surface area contributed by atoms with Crippen molar-refractivity contribution in [3.05, 3.63) is 48.8 Å². The number of piperidine rings is 1. The van der Waals surface area contributed by atoms with E-state index in [-0.39, 0.29) is 11.2 Å². The molecule has 1 saturated heterocycles. The van der Waals surface area contributed by atoms with Crippen molar-refractivity contribution in [1.82, 2.24) is 24.6 Å². The molecule has 3 aromatic rings. The van der Waals surface area contributed by atoms with Gasteiger partial charge in [0.05, 0.1) is 11.9 Å². The monoisotopic (exact) mass is 465 g/mol. The Kier molecular flexibility index (Phi) is 7.33. The van der Waals surface area contributed by atoms with Crippen molar-refractivity contribution in [2.45, 2.75) is 44.5 Å². The van der Waals surface area contributed by atoms with Crippen LogP contribution in [0.3, 0.4) is 0 Å². The van der Waals surface area contributed by atoms with Gasteiger partial charge in [-0.25, -0.2) is 0 Å². The maximum atomic E-state index is 13.3. The minimum Gasteiger partial charge on any atom is -0.494 e. The molecule has 3 unspecified atom stereocenters. The van der Waals surface area contributed by atoms with E-state index >= 15 is 0 Å². The minimum atomic E-state index is -0.269. The van der Waals surface area contributed by atoms with Gasteiger partial charge in [-0.3, -0.25) is 14.3 Å². The van der Waals surface area contributed by atoms with Crippen molar-refractivity contribution in [1.29, 1.82) is 0 Å². The summed E-state index contributed by atoms with van der Waals surface area (Å²) in [5.74, 6) is 2.71. The van der Waals surface area contributed by atoms with E-state index in [1.807, 2.05) is 59.7 Å². The molecule has 174 valence electrons. The summed E-state index contributed by atoms with van der Waals surface area (Å²) < 4.78 is 7.59. The van der Waals surface area contributed by atoms with E-state index in [9.17, 15) is 4.79 Å². The molecule has 3 heterocycles. The van der Waals surface area contributed by atoms with Gasteiger partial charge in [-0.15, -0.1) is 10.2 Å². The van der Waals surface area contributed by atoms with Crippen LogP contribution in [0.15, 0.2) is 53.9 Å². The minimum absolute atomic E-state index is 0.155. The number of amides is 1. The first kappa shape index (κ1) is 23.3. The van der Waals surface area contributed by atoms with Gasteiger partial charge < -0.3 is 9.64 Å². The van der Waals surface area contributed by atoms with Gasteiger partial charge in [0.1, 0.15) is 5.75 Å². The number of hydrogen-bond acceptors (Lipinski definition) is 6. The van der Waals surface area contributed by atoms with Crippen LogP contribution in [0.2, 0.25) is 0 Å². The van der Waals surface area contributed by atoms with Gasteiger partial charge in [0, 0.05) is 36.7 Å². The number of ether oxygens (including phenoxy) is 1. The molecule has 1 aromatic carbocycles. The van der Waals surface area contributed by atoms with Crippen molar-refractivity contribution < 1.29 is 9.53 Å². The summed E-state index contributed by atoms with van der Waals surface area (Å²) in [6, 6.07) is 11.7. The summed E-state index contributed by atoms with van der Waals surface area (Å²) >= 11 is 1.45. The number of nitrogens with zero attached hydrogens (tertiary/aromatic N) is 5. The second kappa shape index (κ2) is 10.4. The number of carbonyl (C=O) groups is 1. The lowest BCUT2D eigenvalue weighted by Gasteiger charge is -2.36. The van der Waals surface area contributed by atoms with E-state index in [2.05, 4.69) is 29.0 Å². The summed E-state index contributed by atoms with van der Waals surface area (Å²) in [6.07, 6.45) is 4.68. The smallest absolute Gasteiger partial charge is 0.235 e. The summed E-state index contributed by atoms with van der Waals surface area (Å²) in [5.41, 5.74) is 1.77. The molecule has 0 radical (unpaired) electrons. The standard InChI is InChI=1S/C25H31N5O2S/c1-5-32-22-10-8-21(9-11-22)30-23(20-7-6-12-26-14-20)27-28-25(30)33-19(4)24(31)29-15-17(2)13-18(3)16-29/h6-12,14,17-19H,5,13,15-16H2,1-4H3. The van der Waals surface area contributed by atoms with Crippen LogP contribution >= 0.6 is 11.8 Å². The number of rotatable bonds is 7. The second-order valence-corrected chi connectivity index (χ2v) is 10.1. The quantitative estimate of drug-likeness (QED) is 0.471. The first-order valence-electron chi connectivity index (χ1n) is 11.5. The molecule has 1 fully saturated rings. The fraction of sp³-hybridized carbons (Fsp3) is 0.440. The molecule has 1 aliphatic rings. The number of benzene rings is 1. The Morgan fingerprint density at radius 2 is 1.88 bits per heavy atom. The van der Waals surface area contributed by atoms with Gasteiger partial charge in [-0.05, 0) is 68.5 Å². The molecule has 0 N–H and O–H groups in total. The molecule has 0 aliphatic carbocycles. The summed E-state index contributed by atoms with van der Waals surface area (Å²) in [5, 5.41) is 9.35. The Labute approximate surface area is 199 Å². The highest BCUT2D eigenvalue weighted by Gasteiger charge is 2.30. The van der Waals surface area contributed by atoms with E-state index in [1.165, 1.54) is 18.2 Å². The molecule has 0 bridgehead atoms. The lowest BCUT2D eigenvalue weighted by Crippen LogP contribution is -2.45. The Morgan fingerprint density at radius 1 is 1.15 bits per heavy atom. The van der Waals surface area contributed by atoms with Crippen molar-refractivity contribution in [2.75, 3.05) is 19.7 Å². The van der Waals surface area contributed by atoms with E-state index in [1.54, 1.807) is 12.4 Å². The maximum Gasteiger partial charge on any atom is 0.235 e. The fourth-order valence-electron chi connectivity index (χ4n) is 4.43. The van der Waals surface area contributed by atoms with Crippen LogP contribution in [-0.2, 0) is 4.79 Å². The average molecular weight is 466 g/mol. The van der Waals surface area contributed by atoms with Gasteiger partial charge in [0.2, 0.25) is 5.91 Å². The summed E-state index contributed by atoms with van der Waals surface area (Å²) in [4.78, 5) is 19.5. The number of hydrogen-bond donors (Lipinski definition) is 0. The SMILES string of the molecule is CCOc1ccc(-n2c(SC(C)C(=O)N3CC(C)CC(C)C3)nnc2-c2cccnc2)cc1. The molecule has 7 nitrogen and oxygen atoms in total. The number of aromatic nitrogens is 4. The van der Waals surface area contributed by atoms with E-state index in [0.717, 1.165) is 30.1 Å². The Balaban J connectivity index is 1.64. The van der Waals surface area contributed by atoms with E-state index < -0.39 is 0 Å². The number of carbonyl (C=O) groups excluding carboxylic acids is 1. The third-order valence-corrected chi connectivity index (χ3v) is 6.80. The molecular weight excluding hydrogens is 434 g/mol. The highest BCUT2D eigenvalue weighted by Crippen LogP contribution is 2.32. The van der Waals surface area contributed by atoms with Gasteiger partial charge in [0.15, 0.2) is 11.0 Å². The van der Waals surface area contributed by atoms with Gasteiger partial charge >= 0.3 is 0 Å². The highest BCUT2D eigenvalue weighted by atomic mass is 32.2. The second-order valence-electron chi connectivity index (χ2n) is 8.76. The normalized spacial score (nSPS) is 19.3. The third kappa shape index (κ3) is 5.38. The molecule has 3 atom stereocenters. The predicted octanol–water partition coefficient (Wildman–Crippen LogP) is 4.71. The van der Waals surface area contributed by atoms with E-state index in [0.29, 0.717) is 29.4 Å². The fourth-order valence-corrected chi connectivity index (χ4v) is 5.38. The van der Waals surface area contributed by atoms with Crippen LogP contribution in [0.25, 0.3) is 17.1 Å². The van der Waals surface area contributed by atoms with Gasteiger partial charge in [-0.1, -0.05) is 25.6 Å². The molecule has 4 rings (SSSR count). The number of likely N-dealkylation sites (tertiary alicyclic amines) is 1. The number of thioether (sulfide) groups is 1. The van der Waals surface area contributed by atoms with Gasteiger partial charge in [0.25, 0.3) is 0 Å². The Hall–Kier alpha value is -2.87. The Bertz CT molecular complexity index is 1060. The summed E-state index contributed by atoms with van der Waals surface area (Å²) in [7, 11) is 0. The van der Waals surface area contributed by atoms with Crippen molar-refractivity contribution in [2.24, 2.45) is 11.8 Å². The molecule has 0 saturated carbocycles. The first-order chi connectivity index (χ1) is 16.0. The highest BCUT2D eigenvalue weighted by molar-refractivity contribution is 8.00. The van der Waals surface area contributed by atoms with Crippen molar-refractivity contribution >= 4 is 17.7 Å². The molecule has 1 aliphatic heterocycles. The third-order valence-electron chi connectivity index (χ3n) is 5.77. The topological polar surface area (TPSA) is 73.1 Å². The Morgan fingerprint density at radius 3 is 2.52 bits per heavy atom. The number of pyridine rings is 1. The summed E-state index contributed by atoms with van der Waals surface area (Å²) in [6.45, 7) is 10.6. The molecule has 0 spiro atoms. The zero-order chi connectivity index (χ0) is 23.4. The predicted molar refractivity (Wildman–Crippen MR) is 131 cm³/mol. The lowest BCUT2D eigenvalue weighted by atomic mass is 9.92. The zero-order valence-corrected chi connectivity index (χ0v) is 20.5. The van der Waals surface area contributed by atoms with Crippen LogP contribution in [0.1, 0.15) is 34.1 Å².